The third-order valence-corrected chi connectivity index (χ3v) is 3.44. The third kappa shape index (κ3) is 2.38. The van der Waals surface area contributed by atoms with Gasteiger partial charge < -0.3 is 9.80 Å². The SMILES string of the molecule is CN1CCCN(Cc2nnn(C)n2)c2ccccc21. The number of anilines is 2. The van der Waals surface area contributed by atoms with Gasteiger partial charge in [0.15, 0.2) is 5.82 Å². The number of aromatic nitrogens is 4. The van der Waals surface area contributed by atoms with Gasteiger partial charge in [0.1, 0.15) is 0 Å². The molecule has 1 aliphatic heterocycles. The molecule has 19 heavy (non-hydrogen) atoms. The van der Waals surface area contributed by atoms with Gasteiger partial charge in [-0.15, -0.1) is 10.2 Å². The van der Waals surface area contributed by atoms with Crippen molar-refractivity contribution in [3.8, 4) is 0 Å². The predicted octanol–water partition coefficient (Wildman–Crippen LogP) is 1.06. The maximum absolute atomic E-state index is 4.27. The highest BCUT2D eigenvalue weighted by molar-refractivity contribution is 5.71. The van der Waals surface area contributed by atoms with Crippen molar-refractivity contribution in [1.29, 1.82) is 0 Å². The molecule has 6 heteroatoms. The number of hydrogen-bond acceptors (Lipinski definition) is 5. The number of benzene rings is 1. The van der Waals surface area contributed by atoms with Crippen LogP contribution in [0.1, 0.15) is 12.2 Å². The second kappa shape index (κ2) is 4.87. The minimum atomic E-state index is 0.707. The van der Waals surface area contributed by atoms with E-state index in [2.05, 4.69) is 56.5 Å². The molecule has 1 aromatic heterocycles. The van der Waals surface area contributed by atoms with Crippen LogP contribution in [-0.4, -0.2) is 40.3 Å². The van der Waals surface area contributed by atoms with Gasteiger partial charge in [0.05, 0.1) is 25.0 Å². The van der Waals surface area contributed by atoms with Gasteiger partial charge >= 0.3 is 0 Å². The Kier molecular flexibility index (Phi) is 3.06. The lowest BCUT2D eigenvalue weighted by Gasteiger charge is -2.24. The molecule has 1 aliphatic rings. The van der Waals surface area contributed by atoms with E-state index in [1.165, 1.54) is 16.2 Å². The lowest BCUT2D eigenvalue weighted by molar-refractivity contribution is 0.626. The van der Waals surface area contributed by atoms with Crippen LogP contribution in [0.3, 0.4) is 0 Å². The first-order valence-electron chi connectivity index (χ1n) is 6.52. The van der Waals surface area contributed by atoms with Gasteiger partial charge in [-0.25, -0.2) is 0 Å². The van der Waals surface area contributed by atoms with E-state index in [1.54, 1.807) is 7.05 Å². The highest BCUT2D eigenvalue weighted by Gasteiger charge is 2.19. The number of nitrogens with zero attached hydrogens (tertiary/aromatic N) is 6. The highest BCUT2D eigenvalue weighted by atomic mass is 15.6. The van der Waals surface area contributed by atoms with Crippen LogP contribution in [0.15, 0.2) is 24.3 Å². The summed E-state index contributed by atoms with van der Waals surface area (Å²) in [7, 11) is 3.93. The lowest BCUT2D eigenvalue weighted by atomic mass is 10.2. The summed E-state index contributed by atoms with van der Waals surface area (Å²) in [5.41, 5.74) is 2.51. The maximum Gasteiger partial charge on any atom is 0.193 e. The molecule has 2 aromatic rings. The van der Waals surface area contributed by atoms with Crippen LogP contribution in [0.25, 0.3) is 0 Å². The van der Waals surface area contributed by atoms with Crippen LogP contribution in [0.5, 0.6) is 0 Å². The summed E-state index contributed by atoms with van der Waals surface area (Å²) in [5, 5.41) is 12.2. The van der Waals surface area contributed by atoms with Crippen molar-refractivity contribution < 1.29 is 0 Å². The second-order valence-corrected chi connectivity index (χ2v) is 4.88. The Hall–Kier alpha value is -2.11. The van der Waals surface area contributed by atoms with E-state index in [-0.39, 0.29) is 0 Å². The van der Waals surface area contributed by atoms with E-state index in [1.807, 2.05) is 0 Å². The minimum Gasteiger partial charge on any atom is -0.373 e. The number of fused-ring (bicyclic) bond motifs is 1. The van der Waals surface area contributed by atoms with Crippen molar-refractivity contribution in [2.45, 2.75) is 13.0 Å². The van der Waals surface area contributed by atoms with Crippen molar-refractivity contribution >= 4 is 11.4 Å². The highest BCUT2D eigenvalue weighted by Crippen LogP contribution is 2.31. The zero-order valence-electron chi connectivity index (χ0n) is 11.3. The summed E-state index contributed by atoms with van der Waals surface area (Å²) in [6.07, 6.45) is 1.13. The summed E-state index contributed by atoms with van der Waals surface area (Å²) in [6.45, 7) is 2.79. The first kappa shape index (κ1) is 12.0. The van der Waals surface area contributed by atoms with Gasteiger partial charge in [-0.1, -0.05) is 12.1 Å². The van der Waals surface area contributed by atoms with Crippen LogP contribution >= 0.6 is 0 Å². The molecule has 0 aliphatic carbocycles. The van der Waals surface area contributed by atoms with Crippen molar-refractivity contribution in [2.75, 3.05) is 29.9 Å². The molecule has 0 bridgehead atoms. The molecule has 0 N–H and O–H groups in total. The Morgan fingerprint density at radius 2 is 1.89 bits per heavy atom. The summed E-state index contributed by atoms with van der Waals surface area (Å²) >= 11 is 0. The van der Waals surface area contributed by atoms with Crippen molar-refractivity contribution in [3.63, 3.8) is 0 Å². The molecule has 3 rings (SSSR count). The fourth-order valence-corrected chi connectivity index (χ4v) is 2.52. The maximum atomic E-state index is 4.27. The molecule has 0 atom stereocenters. The Bertz CT molecular complexity index is 564. The monoisotopic (exact) mass is 258 g/mol. The van der Waals surface area contributed by atoms with Gasteiger partial charge in [0, 0.05) is 20.1 Å². The topological polar surface area (TPSA) is 50.1 Å². The van der Waals surface area contributed by atoms with Gasteiger partial charge in [0.2, 0.25) is 0 Å². The van der Waals surface area contributed by atoms with Gasteiger partial charge in [0.25, 0.3) is 0 Å². The number of rotatable bonds is 2. The molecule has 0 radical (unpaired) electrons. The average molecular weight is 258 g/mol. The first-order chi connectivity index (χ1) is 9.24. The standard InChI is InChI=1S/C13H18N6/c1-17-8-5-9-19(10-13-14-16-18(2)15-13)12-7-4-3-6-11(12)17/h3-4,6-7H,5,8-10H2,1-2H3. The van der Waals surface area contributed by atoms with Crippen molar-refractivity contribution in [3.05, 3.63) is 30.1 Å². The Morgan fingerprint density at radius 3 is 2.63 bits per heavy atom. The van der Waals surface area contributed by atoms with Crippen LogP contribution in [0.4, 0.5) is 11.4 Å². The smallest absolute Gasteiger partial charge is 0.193 e. The van der Waals surface area contributed by atoms with E-state index < -0.39 is 0 Å². The first-order valence-corrected chi connectivity index (χ1v) is 6.52. The minimum absolute atomic E-state index is 0.707. The molecule has 0 saturated carbocycles. The summed E-state index contributed by atoms with van der Waals surface area (Å²) in [5.74, 6) is 0.766. The van der Waals surface area contributed by atoms with E-state index in [9.17, 15) is 0 Å². The summed E-state index contributed by atoms with van der Waals surface area (Å²) in [4.78, 5) is 6.14. The molecule has 2 heterocycles. The zero-order chi connectivity index (χ0) is 13.2. The Morgan fingerprint density at radius 1 is 1.11 bits per heavy atom. The third-order valence-electron chi connectivity index (χ3n) is 3.44. The average Bonchev–Trinajstić information content (AvgIpc) is 2.75. The largest absolute Gasteiger partial charge is 0.373 e. The molecule has 0 saturated heterocycles. The van der Waals surface area contributed by atoms with Crippen LogP contribution in [0.2, 0.25) is 0 Å². The second-order valence-electron chi connectivity index (χ2n) is 4.88. The van der Waals surface area contributed by atoms with E-state index in [4.69, 9.17) is 0 Å². The molecule has 0 spiro atoms. The molecule has 1 aromatic carbocycles. The number of tetrazole rings is 1. The summed E-state index contributed by atoms with van der Waals surface area (Å²) in [6, 6.07) is 8.49. The predicted molar refractivity (Wildman–Crippen MR) is 74.2 cm³/mol. The summed E-state index contributed by atoms with van der Waals surface area (Å²) < 4.78 is 0. The number of hydrogen-bond donors (Lipinski definition) is 0. The molecule has 100 valence electrons. The molecular formula is C13H18N6. The number of aryl methyl sites for hydroxylation is 1. The van der Waals surface area contributed by atoms with Gasteiger partial charge in [-0.2, -0.15) is 4.80 Å². The molecular weight excluding hydrogens is 240 g/mol. The van der Waals surface area contributed by atoms with Gasteiger partial charge in [-0.05, 0) is 23.8 Å². The Balaban J connectivity index is 1.91. The van der Waals surface area contributed by atoms with Gasteiger partial charge in [-0.3, -0.25) is 0 Å². The fourth-order valence-electron chi connectivity index (χ4n) is 2.52. The lowest BCUT2D eigenvalue weighted by Crippen LogP contribution is -2.24. The van der Waals surface area contributed by atoms with Crippen LogP contribution in [-0.2, 0) is 13.6 Å². The van der Waals surface area contributed by atoms with E-state index >= 15 is 0 Å². The molecule has 0 amide bonds. The zero-order valence-corrected chi connectivity index (χ0v) is 11.3. The van der Waals surface area contributed by atoms with E-state index in [0.29, 0.717) is 6.54 Å². The van der Waals surface area contributed by atoms with Crippen molar-refractivity contribution in [1.82, 2.24) is 20.2 Å². The quantitative estimate of drug-likeness (QED) is 0.806. The fraction of sp³-hybridized carbons (Fsp3) is 0.462. The Labute approximate surface area is 112 Å². The van der Waals surface area contributed by atoms with E-state index in [0.717, 1.165) is 25.3 Å². The molecule has 0 unspecified atom stereocenters. The van der Waals surface area contributed by atoms with Crippen molar-refractivity contribution in [2.24, 2.45) is 7.05 Å². The molecule has 0 fully saturated rings. The van der Waals surface area contributed by atoms with Crippen LogP contribution < -0.4 is 9.80 Å². The van der Waals surface area contributed by atoms with Crippen LogP contribution in [0, 0.1) is 0 Å². The number of para-hydroxylation sites is 2. The normalized spacial score (nSPS) is 15.3. The molecule has 6 nitrogen and oxygen atoms in total.